The van der Waals surface area contributed by atoms with Gasteiger partial charge < -0.3 is 29.6 Å². The normalized spacial score (nSPS) is 22.2. The molecule has 14 nitrogen and oxygen atoms in total. The molecule has 4 aliphatic heterocycles. The van der Waals surface area contributed by atoms with E-state index in [2.05, 4.69) is 113 Å². The molecule has 18 heteroatoms. The van der Waals surface area contributed by atoms with Crippen molar-refractivity contribution in [2.75, 3.05) is 118 Å². The SMILES string of the molecule is COC[C@@](C)(F)CN1[C@H](c2ccc(NC3CN(CCCF)C3)cc2OC)c2ccc3[nH]ncc3c2C[C@H]1C.COC[C@](C)(F)CN1[C@H](c2ccc(NC3CN(CCCF)C3)cc2OC)c2ccc3[nH]ncc3c2C[C@H]1C. The largest absolute Gasteiger partial charge is 0.496 e. The molecule has 76 heavy (non-hydrogen) atoms. The van der Waals surface area contributed by atoms with Crippen molar-refractivity contribution in [3.05, 3.63) is 106 Å². The van der Waals surface area contributed by atoms with Crippen molar-refractivity contribution in [2.45, 2.75) is 101 Å². The van der Waals surface area contributed by atoms with Gasteiger partial charge in [0.15, 0.2) is 0 Å². The number of nitrogens with zero attached hydrogens (tertiary/aromatic N) is 6. The summed E-state index contributed by atoms with van der Waals surface area (Å²) in [5.41, 5.74) is 7.73. The number of anilines is 2. The Balaban J connectivity index is 0.000000186. The maximum Gasteiger partial charge on any atom is 0.144 e. The number of H-pyrrole nitrogens is 2. The molecule has 0 saturated carbocycles. The van der Waals surface area contributed by atoms with Gasteiger partial charge >= 0.3 is 0 Å². The molecule has 6 atom stereocenters. The Kier molecular flexibility index (Phi) is 17.5. The smallest absolute Gasteiger partial charge is 0.144 e. The van der Waals surface area contributed by atoms with E-state index < -0.39 is 11.3 Å². The van der Waals surface area contributed by atoms with Gasteiger partial charge in [0.1, 0.15) is 22.8 Å². The number of nitrogens with one attached hydrogen (secondary N) is 4. The number of rotatable bonds is 22. The molecular formula is C58H78F4N10O4. The summed E-state index contributed by atoms with van der Waals surface area (Å²) in [5.74, 6) is 1.52. The minimum Gasteiger partial charge on any atom is -0.496 e. The molecule has 4 aliphatic rings. The summed E-state index contributed by atoms with van der Waals surface area (Å²) in [7, 11) is 6.45. The van der Waals surface area contributed by atoms with Crippen LogP contribution in [-0.2, 0) is 22.3 Å². The lowest BCUT2D eigenvalue weighted by atomic mass is 9.82. The predicted octanol–water partition coefficient (Wildman–Crippen LogP) is 9.48. The minimum atomic E-state index is -1.51. The number of methoxy groups -OCH3 is 4. The molecule has 0 spiro atoms. The van der Waals surface area contributed by atoms with Crippen LogP contribution in [0.5, 0.6) is 11.5 Å². The zero-order valence-electron chi connectivity index (χ0n) is 45.5. The molecule has 6 aromatic rings. The Labute approximate surface area is 445 Å². The fourth-order valence-corrected chi connectivity index (χ4v) is 12.3. The van der Waals surface area contributed by atoms with Gasteiger partial charge in [0.25, 0.3) is 0 Å². The quantitative estimate of drug-likeness (QED) is 0.0484. The Morgan fingerprint density at radius 3 is 1.36 bits per heavy atom. The summed E-state index contributed by atoms with van der Waals surface area (Å²) in [6.07, 6.45) is 6.54. The third-order valence-corrected chi connectivity index (χ3v) is 15.8. The second-order valence-corrected chi connectivity index (χ2v) is 22.1. The van der Waals surface area contributed by atoms with Crippen LogP contribution in [0.3, 0.4) is 0 Å². The highest BCUT2D eigenvalue weighted by Gasteiger charge is 2.42. The molecule has 2 saturated heterocycles. The number of hydrogen-bond donors (Lipinski definition) is 4. The number of likely N-dealkylation sites (tertiary alicyclic amines) is 2. The molecule has 0 aliphatic carbocycles. The van der Waals surface area contributed by atoms with Crippen molar-refractivity contribution in [3.8, 4) is 11.5 Å². The van der Waals surface area contributed by atoms with E-state index in [0.717, 1.165) is 119 Å². The average Bonchev–Trinajstić information content (AvgIpc) is 4.11. The number of benzene rings is 4. The maximum atomic E-state index is 15.6. The molecule has 0 unspecified atom stereocenters. The monoisotopic (exact) mass is 1050 g/mol. The summed E-state index contributed by atoms with van der Waals surface area (Å²) in [6, 6.07) is 21.3. The number of aromatic nitrogens is 4. The Bertz CT molecular complexity index is 2680. The van der Waals surface area contributed by atoms with E-state index in [9.17, 15) is 8.78 Å². The van der Waals surface area contributed by atoms with Gasteiger partial charge in [-0.3, -0.25) is 38.6 Å². The number of aromatic amines is 2. The molecule has 0 radical (unpaired) electrons. The molecule has 4 aromatic carbocycles. The van der Waals surface area contributed by atoms with Gasteiger partial charge in [-0.15, -0.1) is 0 Å². The molecule has 10 rings (SSSR count). The first-order chi connectivity index (χ1) is 36.7. The van der Waals surface area contributed by atoms with Crippen LogP contribution in [0.4, 0.5) is 28.9 Å². The molecule has 0 bridgehead atoms. The third-order valence-electron chi connectivity index (χ3n) is 15.8. The van der Waals surface area contributed by atoms with Crippen LogP contribution in [0.1, 0.15) is 86.0 Å². The number of hydrogen-bond acceptors (Lipinski definition) is 12. The van der Waals surface area contributed by atoms with Gasteiger partial charge in [-0.05, 0) is 99.9 Å². The summed E-state index contributed by atoms with van der Waals surface area (Å²) < 4.78 is 78.5. The van der Waals surface area contributed by atoms with Crippen molar-refractivity contribution in [1.82, 2.24) is 40.0 Å². The highest BCUT2D eigenvalue weighted by atomic mass is 19.1. The van der Waals surface area contributed by atoms with Crippen molar-refractivity contribution < 1.29 is 36.5 Å². The second-order valence-electron chi connectivity index (χ2n) is 22.1. The minimum absolute atomic E-state index is 0.0281. The zero-order valence-corrected chi connectivity index (χ0v) is 45.5. The molecule has 0 amide bonds. The van der Waals surface area contributed by atoms with Crippen LogP contribution < -0.4 is 20.1 Å². The maximum absolute atomic E-state index is 15.6. The first kappa shape index (κ1) is 55.3. The molecular weight excluding hydrogens is 977 g/mol. The van der Waals surface area contributed by atoms with Crippen LogP contribution in [0.25, 0.3) is 21.8 Å². The van der Waals surface area contributed by atoms with E-state index >= 15 is 8.78 Å². The zero-order chi connectivity index (χ0) is 53.7. The molecule has 2 fully saturated rings. The average molecular weight is 1060 g/mol. The van der Waals surface area contributed by atoms with Gasteiger partial charge in [0, 0.05) is 124 Å². The first-order valence-corrected chi connectivity index (χ1v) is 26.9. The van der Waals surface area contributed by atoms with Crippen LogP contribution >= 0.6 is 0 Å². The summed E-state index contributed by atoms with van der Waals surface area (Å²) >= 11 is 0. The van der Waals surface area contributed by atoms with E-state index in [1.54, 1.807) is 28.1 Å². The topological polar surface area (TPSA) is 131 Å². The van der Waals surface area contributed by atoms with Gasteiger partial charge in [0.2, 0.25) is 0 Å². The number of alkyl halides is 4. The van der Waals surface area contributed by atoms with Crippen LogP contribution in [-0.4, -0.2) is 183 Å². The standard InChI is InChI=1S/2C29H39F2N5O2/c2*1-19-12-24-22(8-9-26-25(24)14-32-34-26)28(36(19)17-29(2,31)18-37-3)23-7-6-20(13-27(23)38-4)33-21-15-35(16-21)11-5-10-30/h2*6-9,13-14,19,21,28,33H,5,10-12,15-18H2,1-4H3,(H,32,34)/t19-,28+,29+;19-,28+,29-/m11/s1. The van der Waals surface area contributed by atoms with Gasteiger partial charge in [-0.1, -0.05) is 24.3 Å². The fraction of sp³-hybridized carbons (Fsp3) is 0.552. The summed E-state index contributed by atoms with van der Waals surface area (Å²) in [6.45, 7) is 12.7. The van der Waals surface area contributed by atoms with Crippen LogP contribution in [0.2, 0.25) is 0 Å². The summed E-state index contributed by atoms with van der Waals surface area (Å²) in [4.78, 5) is 9.00. The number of ether oxygens (including phenoxy) is 4. The molecule has 6 heterocycles. The Morgan fingerprint density at radius 2 is 0.987 bits per heavy atom. The van der Waals surface area contributed by atoms with E-state index in [4.69, 9.17) is 18.9 Å². The van der Waals surface area contributed by atoms with E-state index in [-0.39, 0.29) is 63.8 Å². The first-order valence-electron chi connectivity index (χ1n) is 26.9. The fourth-order valence-electron chi connectivity index (χ4n) is 12.3. The molecule has 412 valence electrons. The lowest BCUT2D eigenvalue weighted by molar-refractivity contribution is 0.00202. The van der Waals surface area contributed by atoms with E-state index in [1.807, 2.05) is 24.5 Å². The lowest BCUT2D eigenvalue weighted by Crippen LogP contribution is -2.54. The Morgan fingerprint density at radius 1 is 0.592 bits per heavy atom. The van der Waals surface area contributed by atoms with Crippen molar-refractivity contribution in [1.29, 1.82) is 0 Å². The number of fused-ring (bicyclic) bond motifs is 6. The van der Waals surface area contributed by atoms with Crippen molar-refractivity contribution >= 4 is 33.2 Å². The summed E-state index contributed by atoms with van der Waals surface area (Å²) in [5, 5.41) is 24.1. The highest BCUT2D eigenvalue weighted by Crippen LogP contribution is 2.47. The second kappa shape index (κ2) is 24.0. The number of halogens is 4. The van der Waals surface area contributed by atoms with Gasteiger partial charge in [0.05, 0.1) is 88.4 Å². The lowest BCUT2D eigenvalue weighted by Gasteiger charge is -2.45. The van der Waals surface area contributed by atoms with Crippen LogP contribution in [0.15, 0.2) is 73.1 Å². The third kappa shape index (κ3) is 12.1. The van der Waals surface area contributed by atoms with Crippen molar-refractivity contribution in [3.63, 3.8) is 0 Å². The Hall–Kier alpha value is -5.50. The van der Waals surface area contributed by atoms with Gasteiger partial charge in [-0.25, -0.2) is 8.78 Å². The van der Waals surface area contributed by atoms with Crippen LogP contribution in [0, 0.1) is 0 Å². The van der Waals surface area contributed by atoms with Crippen molar-refractivity contribution in [2.24, 2.45) is 0 Å². The molecule has 2 aromatic heterocycles. The molecule has 4 N–H and O–H groups in total. The highest BCUT2D eigenvalue weighted by molar-refractivity contribution is 5.85. The predicted molar refractivity (Wildman–Crippen MR) is 293 cm³/mol. The van der Waals surface area contributed by atoms with Gasteiger partial charge in [-0.2, -0.15) is 10.2 Å². The van der Waals surface area contributed by atoms with E-state index in [0.29, 0.717) is 24.9 Å². The van der Waals surface area contributed by atoms with E-state index in [1.165, 1.54) is 25.3 Å².